The maximum atomic E-state index is 12.7. The third kappa shape index (κ3) is 32.2. The molecule has 0 radical (unpaired) electrons. The SMILES string of the molecule is CCCCCCCCCCCCCCCCCCN(CCO)C(=O)CCCCCCCCCCCCCCCCC. The number of unbranched alkanes of at least 4 members (excludes halogenated alkanes) is 29. The molecule has 0 bridgehead atoms. The number of amides is 1. The molecule has 0 aliphatic rings. The summed E-state index contributed by atoms with van der Waals surface area (Å²) >= 11 is 0. The number of carbonyl (C=O) groups excluding carboxylic acids is 1. The van der Waals surface area contributed by atoms with Gasteiger partial charge >= 0.3 is 0 Å². The van der Waals surface area contributed by atoms with Crippen LogP contribution < -0.4 is 0 Å². The van der Waals surface area contributed by atoms with Crippen LogP contribution >= 0.6 is 0 Å². The topological polar surface area (TPSA) is 40.5 Å². The average Bonchev–Trinajstić information content (AvgIpc) is 2.98. The highest BCUT2D eigenvalue weighted by Gasteiger charge is 2.12. The van der Waals surface area contributed by atoms with Crippen molar-refractivity contribution in [2.24, 2.45) is 0 Å². The van der Waals surface area contributed by atoms with Gasteiger partial charge in [-0.15, -0.1) is 0 Å². The molecule has 0 unspecified atom stereocenters. The van der Waals surface area contributed by atoms with E-state index in [9.17, 15) is 9.90 Å². The summed E-state index contributed by atoms with van der Waals surface area (Å²) in [5, 5.41) is 9.43. The lowest BCUT2D eigenvalue weighted by molar-refractivity contribution is -0.131. The van der Waals surface area contributed by atoms with E-state index in [0.29, 0.717) is 13.0 Å². The second-order valence-electron chi connectivity index (χ2n) is 13.1. The Morgan fingerprint density at radius 1 is 0.390 bits per heavy atom. The van der Waals surface area contributed by atoms with Crippen molar-refractivity contribution in [1.29, 1.82) is 0 Å². The van der Waals surface area contributed by atoms with E-state index < -0.39 is 0 Å². The molecule has 0 rings (SSSR count). The second-order valence-corrected chi connectivity index (χ2v) is 13.1. The Bertz CT molecular complexity index is 495. The zero-order valence-electron chi connectivity index (χ0n) is 28.6. The van der Waals surface area contributed by atoms with Gasteiger partial charge in [-0.25, -0.2) is 0 Å². The minimum atomic E-state index is 0.0868. The molecule has 0 aromatic heterocycles. The van der Waals surface area contributed by atoms with Crippen molar-refractivity contribution in [2.75, 3.05) is 19.7 Å². The van der Waals surface area contributed by atoms with E-state index in [2.05, 4.69) is 13.8 Å². The Morgan fingerprint density at radius 3 is 0.951 bits per heavy atom. The smallest absolute Gasteiger partial charge is 0.222 e. The molecule has 0 atom stereocenters. The Morgan fingerprint density at radius 2 is 0.659 bits per heavy atom. The van der Waals surface area contributed by atoms with Gasteiger partial charge in [0.15, 0.2) is 0 Å². The van der Waals surface area contributed by atoms with Crippen LogP contribution in [0.1, 0.15) is 219 Å². The number of hydrogen-bond donors (Lipinski definition) is 1. The first kappa shape index (κ1) is 40.4. The van der Waals surface area contributed by atoms with Crippen molar-refractivity contribution in [2.45, 2.75) is 219 Å². The van der Waals surface area contributed by atoms with Gasteiger partial charge in [0.2, 0.25) is 5.91 Å². The van der Waals surface area contributed by atoms with Gasteiger partial charge in [0.1, 0.15) is 0 Å². The van der Waals surface area contributed by atoms with Crippen LogP contribution in [0.25, 0.3) is 0 Å². The fourth-order valence-corrected chi connectivity index (χ4v) is 6.14. The van der Waals surface area contributed by atoms with Crippen LogP contribution in [0, 0.1) is 0 Å². The van der Waals surface area contributed by atoms with Crippen molar-refractivity contribution in [3.63, 3.8) is 0 Å². The van der Waals surface area contributed by atoms with Crippen molar-refractivity contribution < 1.29 is 9.90 Å². The lowest BCUT2D eigenvalue weighted by Crippen LogP contribution is -2.34. The van der Waals surface area contributed by atoms with Crippen molar-refractivity contribution >= 4 is 5.91 Å². The molecule has 3 nitrogen and oxygen atoms in total. The zero-order chi connectivity index (χ0) is 29.9. The molecule has 0 aliphatic heterocycles. The lowest BCUT2D eigenvalue weighted by Gasteiger charge is -2.22. The molecule has 0 saturated carbocycles. The van der Waals surface area contributed by atoms with Crippen LogP contribution in [0.4, 0.5) is 0 Å². The fourth-order valence-electron chi connectivity index (χ4n) is 6.14. The standard InChI is InChI=1S/C38H77NO2/c1-3-5-7-9-11-13-15-17-19-21-23-25-27-29-31-33-35-39(36-37-40)38(41)34-32-30-28-26-24-22-20-18-16-14-12-10-8-6-4-2/h40H,3-37H2,1-2H3. The predicted molar refractivity (Wildman–Crippen MR) is 183 cm³/mol. The average molecular weight is 580 g/mol. The highest BCUT2D eigenvalue weighted by molar-refractivity contribution is 5.76. The minimum absolute atomic E-state index is 0.0868. The van der Waals surface area contributed by atoms with Crippen LogP contribution in [-0.2, 0) is 4.79 Å². The number of aliphatic hydroxyl groups is 1. The van der Waals surface area contributed by atoms with E-state index in [4.69, 9.17) is 0 Å². The second kappa shape index (κ2) is 35.6. The zero-order valence-corrected chi connectivity index (χ0v) is 28.6. The number of hydrogen-bond acceptors (Lipinski definition) is 2. The van der Waals surface area contributed by atoms with Gasteiger partial charge < -0.3 is 10.0 Å². The van der Waals surface area contributed by atoms with Crippen LogP contribution in [0.5, 0.6) is 0 Å². The predicted octanol–water partition coefficient (Wildman–Crippen LogP) is 12.3. The monoisotopic (exact) mass is 580 g/mol. The van der Waals surface area contributed by atoms with Crippen LogP contribution in [0.2, 0.25) is 0 Å². The molecule has 0 saturated heterocycles. The first-order chi connectivity index (χ1) is 20.3. The summed E-state index contributed by atoms with van der Waals surface area (Å²) < 4.78 is 0. The molecule has 0 heterocycles. The van der Waals surface area contributed by atoms with Crippen molar-refractivity contribution in [3.05, 3.63) is 0 Å². The Labute approximate surface area is 259 Å². The van der Waals surface area contributed by atoms with Gasteiger partial charge in [-0.2, -0.15) is 0 Å². The molecule has 0 aromatic carbocycles. The summed E-state index contributed by atoms with van der Waals surface area (Å²) in [4.78, 5) is 14.6. The first-order valence-electron chi connectivity index (χ1n) is 19.1. The molecular formula is C38H77NO2. The van der Waals surface area contributed by atoms with Crippen molar-refractivity contribution in [3.8, 4) is 0 Å². The number of rotatable bonds is 35. The van der Waals surface area contributed by atoms with E-state index in [0.717, 1.165) is 19.4 Å². The van der Waals surface area contributed by atoms with E-state index in [1.165, 1.54) is 186 Å². The quantitative estimate of drug-likeness (QED) is 0.0758. The molecule has 1 amide bonds. The number of aliphatic hydroxyl groups excluding tert-OH is 1. The van der Waals surface area contributed by atoms with Gasteiger partial charge in [0.25, 0.3) is 0 Å². The molecule has 246 valence electrons. The highest BCUT2D eigenvalue weighted by atomic mass is 16.3. The Kier molecular flexibility index (Phi) is 35.1. The van der Waals surface area contributed by atoms with E-state index in [1.807, 2.05) is 4.90 Å². The van der Waals surface area contributed by atoms with Gasteiger partial charge in [0.05, 0.1) is 6.61 Å². The summed E-state index contributed by atoms with van der Waals surface area (Å²) in [6.07, 6.45) is 42.9. The van der Waals surface area contributed by atoms with Gasteiger partial charge in [0, 0.05) is 19.5 Å². The van der Waals surface area contributed by atoms with Crippen LogP contribution in [-0.4, -0.2) is 35.6 Å². The van der Waals surface area contributed by atoms with Crippen LogP contribution in [0.3, 0.4) is 0 Å². The fraction of sp³-hybridized carbons (Fsp3) is 0.974. The summed E-state index contributed by atoms with van der Waals surface area (Å²) in [5.41, 5.74) is 0. The summed E-state index contributed by atoms with van der Waals surface area (Å²) in [7, 11) is 0. The maximum absolute atomic E-state index is 12.7. The molecule has 3 heteroatoms. The molecule has 0 aromatic rings. The molecule has 0 fully saturated rings. The third-order valence-electron chi connectivity index (χ3n) is 9.00. The molecule has 0 spiro atoms. The summed E-state index contributed by atoms with van der Waals surface area (Å²) in [6.45, 7) is 6.00. The van der Waals surface area contributed by atoms with E-state index in [-0.39, 0.29) is 12.5 Å². The minimum Gasteiger partial charge on any atom is -0.395 e. The highest BCUT2D eigenvalue weighted by Crippen LogP contribution is 2.16. The molecule has 1 N–H and O–H groups in total. The van der Waals surface area contributed by atoms with Gasteiger partial charge in [-0.05, 0) is 12.8 Å². The number of nitrogens with zero attached hydrogens (tertiary/aromatic N) is 1. The van der Waals surface area contributed by atoms with E-state index >= 15 is 0 Å². The van der Waals surface area contributed by atoms with Gasteiger partial charge in [-0.3, -0.25) is 4.79 Å². The summed E-state index contributed by atoms with van der Waals surface area (Å²) in [5.74, 6) is 0.259. The lowest BCUT2D eigenvalue weighted by atomic mass is 10.0. The molecular weight excluding hydrogens is 502 g/mol. The first-order valence-corrected chi connectivity index (χ1v) is 19.1. The molecule has 41 heavy (non-hydrogen) atoms. The third-order valence-corrected chi connectivity index (χ3v) is 9.00. The number of carbonyl (C=O) groups is 1. The van der Waals surface area contributed by atoms with Crippen molar-refractivity contribution in [1.82, 2.24) is 4.90 Å². The summed E-state index contributed by atoms with van der Waals surface area (Å²) in [6, 6.07) is 0. The van der Waals surface area contributed by atoms with Crippen LogP contribution in [0.15, 0.2) is 0 Å². The maximum Gasteiger partial charge on any atom is 0.222 e. The Balaban J connectivity index is 3.49. The Hall–Kier alpha value is -0.570. The normalized spacial score (nSPS) is 11.4. The van der Waals surface area contributed by atoms with E-state index in [1.54, 1.807) is 0 Å². The largest absolute Gasteiger partial charge is 0.395 e. The van der Waals surface area contributed by atoms with Gasteiger partial charge in [-0.1, -0.05) is 200 Å². The molecule has 0 aliphatic carbocycles.